The van der Waals surface area contributed by atoms with Gasteiger partial charge in [0, 0.05) is 5.30 Å². The maximum absolute atomic E-state index is 14.8. The predicted octanol–water partition coefficient (Wildman–Crippen LogP) is 9.79. The average Bonchev–Trinajstić information content (AvgIpc) is 2.92. The molecule has 0 heterocycles. The van der Waals surface area contributed by atoms with Gasteiger partial charge in [-0.25, -0.2) is 0 Å². The highest BCUT2D eigenvalue weighted by atomic mass is 35.5. The van der Waals surface area contributed by atoms with Crippen molar-refractivity contribution in [1.29, 1.82) is 0 Å². The Kier molecular flexibility index (Phi) is 7.51. The molecule has 0 aliphatic rings. The first-order valence-electron chi connectivity index (χ1n) is 11.4. The lowest BCUT2D eigenvalue weighted by atomic mass is 9.98. The van der Waals surface area contributed by atoms with Crippen LogP contribution >= 0.6 is 53.5 Å². The molecule has 0 aliphatic heterocycles. The van der Waals surface area contributed by atoms with Gasteiger partial charge in [0.25, 0.3) is 0 Å². The lowest BCUT2D eigenvalue weighted by molar-refractivity contribution is 0.104. The number of benzene rings is 5. The molecule has 3 nitrogen and oxygen atoms in total. The maximum Gasteiger partial charge on any atom is 0.248 e. The van der Waals surface area contributed by atoms with Gasteiger partial charge in [-0.05, 0) is 46.2 Å². The summed E-state index contributed by atoms with van der Waals surface area (Å²) in [5.41, 5.74) is -0.615. The smallest absolute Gasteiger partial charge is 0.248 e. The van der Waals surface area contributed by atoms with Crippen LogP contribution in [0.5, 0.6) is 0 Å². The molecule has 0 amide bonds. The summed E-state index contributed by atoms with van der Waals surface area (Å²) in [7, 11) is -4.58. The molecule has 188 valence electrons. The molecule has 0 spiro atoms. The Morgan fingerprint density at radius 3 is 1.50 bits per heavy atom. The van der Waals surface area contributed by atoms with E-state index in [4.69, 9.17) is 46.4 Å². The Balaban J connectivity index is 1.70. The minimum Gasteiger partial charge on any atom is -0.302 e. The van der Waals surface area contributed by atoms with E-state index in [1.807, 2.05) is 42.5 Å². The molecule has 8 heteroatoms. The van der Waals surface area contributed by atoms with E-state index in [0.29, 0.717) is 0 Å². The lowest BCUT2D eigenvalue weighted by Crippen LogP contribution is -2.21. The molecular formula is C30H17Cl4O3P. The number of carbonyl (C=O) groups is 2. The van der Waals surface area contributed by atoms with Crippen molar-refractivity contribution in [2.24, 2.45) is 0 Å². The molecule has 5 aromatic rings. The van der Waals surface area contributed by atoms with Crippen molar-refractivity contribution in [2.45, 2.75) is 0 Å². The van der Waals surface area contributed by atoms with Crippen molar-refractivity contribution in [2.75, 3.05) is 0 Å². The molecule has 0 atom stereocenters. The molecule has 0 aliphatic carbocycles. The highest BCUT2D eigenvalue weighted by molar-refractivity contribution is 8.01. The summed E-state index contributed by atoms with van der Waals surface area (Å²) in [5, 5.41) is 2.03. The summed E-state index contributed by atoms with van der Waals surface area (Å²) in [5.74, 6) is 0. The van der Waals surface area contributed by atoms with E-state index in [1.54, 1.807) is 24.3 Å². The van der Waals surface area contributed by atoms with Gasteiger partial charge in [-0.2, -0.15) is 0 Å². The monoisotopic (exact) mass is 596 g/mol. The van der Waals surface area contributed by atoms with Crippen LogP contribution in [-0.2, 0) is 4.57 Å². The number of rotatable bonds is 6. The molecule has 0 saturated heterocycles. The Hall–Kier alpha value is -2.91. The zero-order chi connectivity index (χ0) is 27.0. The molecule has 38 heavy (non-hydrogen) atoms. The van der Waals surface area contributed by atoms with Gasteiger partial charge in [-0.15, -0.1) is 0 Å². The largest absolute Gasteiger partial charge is 0.302 e. The van der Waals surface area contributed by atoms with Crippen molar-refractivity contribution in [3.05, 3.63) is 134 Å². The summed E-state index contributed by atoms with van der Waals surface area (Å²) < 4.78 is 14.8. The first-order valence-corrected chi connectivity index (χ1v) is 14.6. The topological polar surface area (TPSA) is 51.2 Å². The quantitative estimate of drug-likeness (QED) is 0.183. The van der Waals surface area contributed by atoms with Crippen molar-refractivity contribution in [1.82, 2.24) is 0 Å². The van der Waals surface area contributed by atoms with E-state index in [2.05, 4.69) is 0 Å². The van der Waals surface area contributed by atoms with Crippen molar-refractivity contribution < 1.29 is 14.2 Å². The predicted molar refractivity (Wildman–Crippen MR) is 158 cm³/mol. The van der Waals surface area contributed by atoms with Crippen LogP contribution in [0.15, 0.2) is 103 Å². The minimum atomic E-state index is -4.58. The van der Waals surface area contributed by atoms with Gasteiger partial charge in [0.05, 0.1) is 31.2 Å². The summed E-state index contributed by atoms with van der Waals surface area (Å²) >= 11 is 25.2. The van der Waals surface area contributed by atoms with Crippen LogP contribution in [0, 0.1) is 0 Å². The molecule has 0 fully saturated rings. The van der Waals surface area contributed by atoms with Crippen LogP contribution in [0.25, 0.3) is 21.9 Å². The maximum atomic E-state index is 14.8. The molecular weight excluding hydrogens is 581 g/mol. The summed E-state index contributed by atoms with van der Waals surface area (Å²) in [6.45, 7) is 0. The van der Waals surface area contributed by atoms with Crippen molar-refractivity contribution in [3.8, 4) is 11.1 Å². The fourth-order valence-corrected chi connectivity index (χ4v) is 8.11. The highest BCUT2D eigenvalue weighted by Crippen LogP contribution is 2.54. The molecule has 5 aromatic carbocycles. The molecule has 0 N–H and O–H groups in total. The van der Waals surface area contributed by atoms with Gasteiger partial charge < -0.3 is 4.57 Å². The van der Waals surface area contributed by atoms with Gasteiger partial charge in [0.1, 0.15) is 0 Å². The van der Waals surface area contributed by atoms with Crippen LogP contribution in [0.4, 0.5) is 0 Å². The highest BCUT2D eigenvalue weighted by Gasteiger charge is 2.45. The zero-order valence-electron chi connectivity index (χ0n) is 19.5. The normalized spacial score (nSPS) is 11.5. The zero-order valence-corrected chi connectivity index (χ0v) is 23.4. The molecule has 0 bridgehead atoms. The molecule has 0 radical (unpaired) electrons. The van der Waals surface area contributed by atoms with E-state index >= 15 is 0 Å². The van der Waals surface area contributed by atoms with Crippen LogP contribution < -0.4 is 5.30 Å². The second kappa shape index (κ2) is 10.7. The van der Waals surface area contributed by atoms with E-state index in [9.17, 15) is 14.2 Å². The van der Waals surface area contributed by atoms with Gasteiger partial charge in [0.2, 0.25) is 18.2 Å². The van der Waals surface area contributed by atoms with E-state index in [1.165, 1.54) is 36.4 Å². The van der Waals surface area contributed by atoms with Gasteiger partial charge >= 0.3 is 0 Å². The summed E-state index contributed by atoms with van der Waals surface area (Å²) in [6.07, 6.45) is 0. The van der Waals surface area contributed by atoms with Gasteiger partial charge in [-0.1, -0.05) is 125 Å². The fourth-order valence-electron chi connectivity index (χ4n) is 4.37. The Labute approximate surface area is 239 Å². The second-order valence-corrected chi connectivity index (χ2v) is 12.7. The van der Waals surface area contributed by atoms with Crippen molar-refractivity contribution >= 4 is 80.7 Å². The molecule has 5 rings (SSSR count). The minimum absolute atomic E-state index is 0.0171. The molecule has 0 saturated carbocycles. The lowest BCUT2D eigenvalue weighted by Gasteiger charge is -2.19. The number of hydrogen-bond donors (Lipinski definition) is 0. The van der Waals surface area contributed by atoms with E-state index in [0.717, 1.165) is 21.9 Å². The Morgan fingerprint density at radius 1 is 0.526 bits per heavy atom. The number of carbonyl (C=O) groups excluding carboxylic acids is 2. The van der Waals surface area contributed by atoms with Crippen molar-refractivity contribution in [3.63, 3.8) is 0 Å². The third-order valence-electron chi connectivity index (χ3n) is 6.26. The van der Waals surface area contributed by atoms with Gasteiger partial charge in [-0.3, -0.25) is 9.59 Å². The first kappa shape index (κ1) is 26.7. The van der Waals surface area contributed by atoms with Crippen LogP contribution in [0.2, 0.25) is 20.1 Å². The van der Waals surface area contributed by atoms with E-state index in [-0.39, 0.29) is 36.5 Å². The fraction of sp³-hybridized carbons (Fsp3) is 0. The third kappa shape index (κ3) is 4.60. The standard InChI is InChI=1S/C30H17Cl4O3P/c31-23-10-4-11-24(32)27(23)29(35)38(37,30(36)28-25(33)12-5-13-26(28)34)20-16-14-19(15-17-20)22-9-3-7-18-6-1-2-8-21(18)22/h1-17H. The Morgan fingerprint density at radius 2 is 0.974 bits per heavy atom. The number of halogens is 4. The third-order valence-corrected chi connectivity index (χ3v) is 10.1. The first-order chi connectivity index (χ1) is 18.2. The second-order valence-electron chi connectivity index (χ2n) is 8.49. The molecule has 0 aromatic heterocycles. The average molecular weight is 598 g/mol. The van der Waals surface area contributed by atoms with Gasteiger partial charge in [0.15, 0.2) is 0 Å². The number of fused-ring (bicyclic) bond motifs is 1. The Bertz CT molecular complexity index is 1670. The van der Waals surface area contributed by atoms with E-state index < -0.39 is 18.2 Å². The summed E-state index contributed by atoms with van der Waals surface area (Å²) in [4.78, 5) is 27.9. The van der Waals surface area contributed by atoms with Crippen LogP contribution in [0.3, 0.4) is 0 Å². The SMILES string of the molecule is O=C(c1c(Cl)cccc1Cl)P(=O)(C(=O)c1c(Cl)cccc1Cl)c1ccc(-c2cccc3ccccc23)cc1. The molecule has 0 unspecified atom stereocenters. The summed E-state index contributed by atoms with van der Waals surface area (Å²) in [6, 6.07) is 29.2. The van der Waals surface area contributed by atoms with Crippen LogP contribution in [0.1, 0.15) is 20.7 Å². The van der Waals surface area contributed by atoms with Crippen LogP contribution in [-0.4, -0.2) is 11.0 Å². The number of hydrogen-bond acceptors (Lipinski definition) is 3.